The number of rotatable bonds is 6. The van der Waals surface area contributed by atoms with E-state index in [9.17, 15) is 9.18 Å². The van der Waals surface area contributed by atoms with E-state index >= 15 is 0 Å². The van der Waals surface area contributed by atoms with Gasteiger partial charge in [0, 0.05) is 11.8 Å². The first kappa shape index (κ1) is 17.2. The fraction of sp³-hybridized carbons (Fsp3) is 0.158. The first-order valence-corrected chi connectivity index (χ1v) is 8.22. The normalized spacial score (nSPS) is 10.7. The van der Waals surface area contributed by atoms with E-state index in [1.807, 2.05) is 6.92 Å². The predicted molar refractivity (Wildman–Crippen MR) is 94.2 cm³/mol. The molecule has 0 spiro atoms. The summed E-state index contributed by atoms with van der Waals surface area (Å²) < 4.78 is 21.1. The van der Waals surface area contributed by atoms with Gasteiger partial charge in [-0.05, 0) is 37.3 Å². The third kappa shape index (κ3) is 3.72. The number of ketones is 1. The molecule has 0 atom stereocenters. The van der Waals surface area contributed by atoms with Crippen LogP contribution in [0.15, 0.2) is 54.7 Å². The number of carbonyl (C=O) groups excluding carboxylic acids is 1. The third-order valence-electron chi connectivity index (χ3n) is 3.64. The molecule has 0 aliphatic rings. The van der Waals surface area contributed by atoms with Crippen molar-refractivity contribution in [3.05, 3.63) is 76.8 Å². The number of benzene rings is 2. The van der Waals surface area contributed by atoms with Crippen LogP contribution in [0.5, 0.6) is 5.75 Å². The smallest absolute Gasteiger partial charge is 0.170 e. The fourth-order valence-electron chi connectivity index (χ4n) is 2.52. The monoisotopic (exact) mass is 358 g/mol. The van der Waals surface area contributed by atoms with Crippen molar-refractivity contribution in [2.75, 3.05) is 6.61 Å². The second-order valence-electron chi connectivity index (χ2n) is 5.35. The van der Waals surface area contributed by atoms with Crippen LogP contribution in [0, 0.1) is 5.82 Å². The molecule has 0 saturated heterocycles. The molecule has 4 nitrogen and oxygen atoms in total. The maximum absolute atomic E-state index is 14.2. The standard InChI is InChI=1S/C19H16ClFN2O2/c1-2-25-18-9-5-8-16(21)19(18)23-11-10-13(22-23)12-17(24)14-6-3-4-7-15(14)20/h3-11H,2,12H2,1H3. The molecule has 0 amide bonds. The second kappa shape index (κ2) is 7.49. The highest BCUT2D eigenvalue weighted by atomic mass is 35.5. The fourth-order valence-corrected chi connectivity index (χ4v) is 2.76. The molecule has 0 fully saturated rings. The van der Waals surface area contributed by atoms with Crippen LogP contribution >= 0.6 is 11.6 Å². The Bertz CT molecular complexity index is 908. The summed E-state index contributed by atoms with van der Waals surface area (Å²) in [6.45, 7) is 2.24. The number of aromatic nitrogens is 2. The summed E-state index contributed by atoms with van der Waals surface area (Å²) in [5, 5.41) is 4.71. The molecule has 0 unspecified atom stereocenters. The molecule has 0 aliphatic carbocycles. The van der Waals surface area contributed by atoms with Gasteiger partial charge in [-0.2, -0.15) is 5.10 Å². The van der Waals surface area contributed by atoms with Gasteiger partial charge in [-0.15, -0.1) is 0 Å². The van der Waals surface area contributed by atoms with Gasteiger partial charge in [-0.1, -0.05) is 29.8 Å². The molecule has 0 radical (unpaired) electrons. The Kier molecular flexibility index (Phi) is 5.14. The summed E-state index contributed by atoms with van der Waals surface area (Å²) in [6, 6.07) is 13.1. The molecule has 128 valence electrons. The van der Waals surface area contributed by atoms with Crippen LogP contribution in [0.3, 0.4) is 0 Å². The molecular weight excluding hydrogens is 343 g/mol. The van der Waals surface area contributed by atoms with Crippen molar-refractivity contribution in [1.82, 2.24) is 9.78 Å². The Balaban J connectivity index is 1.87. The van der Waals surface area contributed by atoms with Crippen molar-refractivity contribution in [2.45, 2.75) is 13.3 Å². The number of halogens is 2. The lowest BCUT2D eigenvalue weighted by atomic mass is 10.1. The average Bonchev–Trinajstić information content (AvgIpc) is 3.03. The van der Waals surface area contributed by atoms with E-state index in [4.69, 9.17) is 16.3 Å². The highest BCUT2D eigenvalue weighted by Crippen LogP contribution is 2.26. The Morgan fingerprint density at radius 1 is 1.20 bits per heavy atom. The zero-order valence-corrected chi connectivity index (χ0v) is 14.3. The van der Waals surface area contributed by atoms with Crippen molar-refractivity contribution in [2.24, 2.45) is 0 Å². The number of carbonyl (C=O) groups is 1. The van der Waals surface area contributed by atoms with Gasteiger partial charge in [0.1, 0.15) is 11.4 Å². The molecule has 1 heterocycles. The zero-order valence-electron chi connectivity index (χ0n) is 13.6. The van der Waals surface area contributed by atoms with Crippen molar-refractivity contribution in [3.8, 4) is 11.4 Å². The Labute approximate surface area is 149 Å². The minimum atomic E-state index is -0.446. The molecule has 3 rings (SSSR count). The van der Waals surface area contributed by atoms with E-state index in [1.165, 1.54) is 10.7 Å². The maximum Gasteiger partial charge on any atom is 0.170 e. The molecule has 1 aromatic heterocycles. The Hall–Kier alpha value is -2.66. The first-order valence-electron chi connectivity index (χ1n) is 7.84. The number of hydrogen-bond acceptors (Lipinski definition) is 3. The lowest BCUT2D eigenvalue weighted by Crippen LogP contribution is -2.07. The molecule has 3 aromatic rings. The van der Waals surface area contributed by atoms with Gasteiger partial charge in [0.05, 0.1) is 23.7 Å². The van der Waals surface area contributed by atoms with Crippen LogP contribution in [-0.2, 0) is 6.42 Å². The van der Waals surface area contributed by atoms with Gasteiger partial charge in [0.15, 0.2) is 11.6 Å². The van der Waals surface area contributed by atoms with Gasteiger partial charge in [-0.3, -0.25) is 4.79 Å². The molecule has 0 saturated carbocycles. The third-order valence-corrected chi connectivity index (χ3v) is 3.97. The number of para-hydroxylation sites is 1. The molecule has 6 heteroatoms. The number of nitrogens with zero attached hydrogens (tertiary/aromatic N) is 2. The van der Waals surface area contributed by atoms with Crippen molar-refractivity contribution >= 4 is 17.4 Å². The Morgan fingerprint density at radius 2 is 2.00 bits per heavy atom. The van der Waals surface area contributed by atoms with Crippen molar-refractivity contribution < 1.29 is 13.9 Å². The second-order valence-corrected chi connectivity index (χ2v) is 5.76. The minimum Gasteiger partial charge on any atom is -0.492 e. The van der Waals surface area contributed by atoms with Crippen LogP contribution in [-0.4, -0.2) is 22.2 Å². The molecule has 2 aromatic carbocycles. The van der Waals surface area contributed by atoms with Crippen LogP contribution in [0.1, 0.15) is 23.0 Å². The van der Waals surface area contributed by atoms with Gasteiger partial charge in [0.2, 0.25) is 0 Å². The van der Waals surface area contributed by atoms with E-state index in [0.29, 0.717) is 28.6 Å². The first-order chi connectivity index (χ1) is 12.1. The quantitative estimate of drug-likeness (QED) is 0.610. The van der Waals surface area contributed by atoms with Crippen LogP contribution < -0.4 is 4.74 Å². The SMILES string of the molecule is CCOc1cccc(F)c1-n1ccc(CC(=O)c2ccccc2Cl)n1. The van der Waals surface area contributed by atoms with Gasteiger partial charge >= 0.3 is 0 Å². The number of Topliss-reactive ketones (excluding diaryl/α,β-unsaturated/α-hetero) is 1. The van der Waals surface area contributed by atoms with Gasteiger partial charge < -0.3 is 4.74 Å². The zero-order chi connectivity index (χ0) is 17.8. The van der Waals surface area contributed by atoms with E-state index in [-0.39, 0.29) is 17.9 Å². The topological polar surface area (TPSA) is 44.1 Å². The summed E-state index contributed by atoms with van der Waals surface area (Å²) in [7, 11) is 0. The maximum atomic E-state index is 14.2. The van der Waals surface area contributed by atoms with E-state index in [0.717, 1.165) is 0 Å². The van der Waals surface area contributed by atoms with Crippen molar-refractivity contribution in [1.29, 1.82) is 0 Å². The molecule has 25 heavy (non-hydrogen) atoms. The molecule has 0 bridgehead atoms. The van der Waals surface area contributed by atoms with E-state index < -0.39 is 5.82 Å². The minimum absolute atomic E-state index is 0.0785. The van der Waals surface area contributed by atoms with Crippen molar-refractivity contribution in [3.63, 3.8) is 0 Å². The summed E-state index contributed by atoms with van der Waals surface area (Å²) in [6.07, 6.45) is 1.69. The number of ether oxygens (including phenoxy) is 1. The average molecular weight is 359 g/mol. The summed E-state index contributed by atoms with van der Waals surface area (Å²) in [5.74, 6) is -0.193. The van der Waals surface area contributed by atoms with Gasteiger partial charge in [-0.25, -0.2) is 9.07 Å². The molecule has 0 N–H and O–H groups in total. The largest absolute Gasteiger partial charge is 0.492 e. The lowest BCUT2D eigenvalue weighted by molar-refractivity contribution is 0.0992. The summed E-state index contributed by atoms with van der Waals surface area (Å²) >= 11 is 6.05. The lowest BCUT2D eigenvalue weighted by Gasteiger charge is -2.10. The van der Waals surface area contributed by atoms with Crippen LogP contribution in [0.2, 0.25) is 5.02 Å². The summed E-state index contributed by atoms with van der Waals surface area (Å²) in [5.41, 5.74) is 1.19. The van der Waals surface area contributed by atoms with Gasteiger partial charge in [0.25, 0.3) is 0 Å². The Morgan fingerprint density at radius 3 is 2.76 bits per heavy atom. The van der Waals surface area contributed by atoms with E-state index in [1.54, 1.807) is 48.7 Å². The highest BCUT2D eigenvalue weighted by molar-refractivity contribution is 6.34. The van der Waals surface area contributed by atoms with E-state index in [2.05, 4.69) is 5.10 Å². The summed E-state index contributed by atoms with van der Waals surface area (Å²) in [4.78, 5) is 12.4. The van der Waals surface area contributed by atoms with Crippen LogP contribution in [0.25, 0.3) is 5.69 Å². The van der Waals surface area contributed by atoms with Crippen LogP contribution in [0.4, 0.5) is 4.39 Å². The number of hydrogen-bond donors (Lipinski definition) is 0. The molecular formula is C19H16ClFN2O2. The highest BCUT2D eigenvalue weighted by Gasteiger charge is 2.16. The molecule has 0 aliphatic heterocycles. The predicted octanol–water partition coefficient (Wildman–Crippen LogP) is 4.49.